The van der Waals surface area contributed by atoms with Gasteiger partial charge in [0.2, 0.25) is 0 Å². The fraction of sp³-hybridized carbons (Fsp3) is 0.542. The fourth-order valence-electron chi connectivity index (χ4n) is 11.2. The Morgan fingerprint density at radius 2 is 1.80 bits per heavy atom. The van der Waals surface area contributed by atoms with Gasteiger partial charge >= 0.3 is 0 Å². The van der Waals surface area contributed by atoms with Gasteiger partial charge < -0.3 is 19.4 Å². The maximum atomic E-state index is 14.1. The van der Waals surface area contributed by atoms with Gasteiger partial charge in [-0.25, -0.2) is 13.4 Å². The molecule has 2 bridgehead atoms. The van der Waals surface area contributed by atoms with E-state index in [1.807, 2.05) is 24.3 Å². The number of anilines is 1. The largest absolute Gasteiger partial charge is 0.455 e. The third-order valence-electron chi connectivity index (χ3n) is 14.8. The number of nitrogens with zero attached hydrogens (tertiary/aromatic N) is 4. The van der Waals surface area contributed by atoms with Gasteiger partial charge in [-0.1, -0.05) is 44.4 Å². The maximum Gasteiger partial charge on any atom is 0.273 e. The second-order valence-electron chi connectivity index (χ2n) is 19.5. The highest BCUT2D eigenvalue weighted by atomic mass is 32.2. The maximum absolute atomic E-state index is 14.1. The summed E-state index contributed by atoms with van der Waals surface area (Å²) in [6.45, 7) is 13.1. The highest BCUT2D eigenvalue weighted by Gasteiger charge is 2.68. The van der Waals surface area contributed by atoms with Crippen LogP contribution in [0.1, 0.15) is 101 Å². The molecular weight excluding hydrogens is 791 g/mol. The quantitative estimate of drug-likeness (QED) is 0.0531. The van der Waals surface area contributed by atoms with Gasteiger partial charge in [0.25, 0.3) is 5.69 Å². The Bertz CT molecular complexity index is 2460. The summed E-state index contributed by atoms with van der Waals surface area (Å²) in [5, 5.41) is 13.0. The number of rotatable bonds is 15. The van der Waals surface area contributed by atoms with Crippen LogP contribution in [0.2, 0.25) is 0 Å². The fourth-order valence-corrected chi connectivity index (χ4v) is 12.4. The lowest BCUT2D eigenvalue weighted by molar-refractivity contribution is -0.385. The molecule has 324 valence electrons. The number of ether oxygens (including phenoxy) is 2. The number of carbonyl (C=O) groups excluding carboxylic acids is 1. The van der Waals surface area contributed by atoms with Crippen LogP contribution < -0.4 is 9.64 Å². The minimum absolute atomic E-state index is 0.112. The normalized spacial score (nSPS) is 24.3. The molecule has 2 aliphatic heterocycles. The number of benzene rings is 2. The monoisotopic (exact) mass is 849 g/mol. The van der Waals surface area contributed by atoms with Crippen molar-refractivity contribution in [1.29, 1.82) is 0 Å². The summed E-state index contributed by atoms with van der Waals surface area (Å²) in [5.74, 6) is -0.490. The van der Waals surface area contributed by atoms with Crippen LogP contribution in [0.15, 0.2) is 77.0 Å². The minimum Gasteiger partial charge on any atom is -0.455 e. The number of nitrogens with one attached hydrogen (secondary N) is 1. The van der Waals surface area contributed by atoms with E-state index in [4.69, 9.17) is 9.47 Å². The molecule has 0 atom stereocenters. The SMILES string of the molecule is CCC12CC(C3=C(CN4CCN(c5ccc(C(=O)CS(=O)(=O)c6ccc(CCC7CCOCC7)c([N+](=O)[O-])c6)c(Oc6cnc7[nH]ccc7c6)c5)CC4)CCC(C)(C)C3)(C1)C2. The van der Waals surface area contributed by atoms with Crippen LogP contribution in [0.25, 0.3) is 11.0 Å². The summed E-state index contributed by atoms with van der Waals surface area (Å²) in [7, 11) is -4.26. The van der Waals surface area contributed by atoms with Crippen LogP contribution in [0, 0.1) is 32.3 Å². The second-order valence-corrected chi connectivity index (χ2v) is 21.5. The molecule has 0 spiro atoms. The second kappa shape index (κ2) is 16.3. The first kappa shape index (κ1) is 41.7. The average Bonchev–Trinajstić information content (AvgIpc) is 3.69. The molecule has 1 N–H and O–H groups in total. The zero-order valence-electron chi connectivity index (χ0n) is 35.8. The van der Waals surface area contributed by atoms with E-state index in [1.165, 1.54) is 57.1 Å². The van der Waals surface area contributed by atoms with E-state index in [9.17, 15) is 23.3 Å². The molecule has 6 aliphatic rings. The molecule has 2 saturated heterocycles. The standard InChI is InChI=1S/C48H59N5O7S/c1-4-47-30-48(31-47,32-47)41-26-46(2,3)15-11-36(41)28-51-17-19-52(20-18-51)37-8-10-40(44(24-37)60-38-23-35-12-16-49-45(35)50-27-38)43(54)29-61(57,58)39-9-7-34(42(25-39)53(55)56)6-5-33-13-21-59-22-14-33/h7-10,12,16,23-25,27,33H,4-6,11,13-15,17-22,26,28-32H2,1-3H3,(H,49,50). The molecule has 4 aromatic rings. The molecule has 3 saturated carbocycles. The van der Waals surface area contributed by atoms with Gasteiger partial charge in [0.1, 0.15) is 22.9 Å². The summed E-state index contributed by atoms with van der Waals surface area (Å²) < 4.78 is 39.5. The number of Topliss-reactive ketones (excluding diaryl/α,β-unsaturated/α-hetero) is 1. The molecule has 12 nitrogen and oxygen atoms in total. The van der Waals surface area contributed by atoms with Crippen molar-refractivity contribution in [2.75, 3.05) is 56.6 Å². The number of sulfone groups is 1. The summed E-state index contributed by atoms with van der Waals surface area (Å²) in [4.78, 5) is 37.8. The molecule has 0 amide bonds. The van der Waals surface area contributed by atoms with E-state index < -0.39 is 26.3 Å². The van der Waals surface area contributed by atoms with Crippen LogP contribution in [0.3, 0.4) is 0 Å². The third-order valence-corrected chi connectivity index (χ3v) is 16.4. The Kier molecular flexibility index (Phi) is 11.1. The lowest BCUT2D eigenvalue weighted by Crippen LogP contribution is -2.63. The van der Waals surface area contributed by atoms with Gasteiger partial charge in [-0.2, -0.15) is 0 Å². The van der Waals surface area contributed by atoms with Crippen LogP contribution in [-0.2, 0) is 21.0 Å². The average molecular weight is 850 g/mol. The molecule has 0 unspecified atom stereocenters. The van der Waals surface area contributed by atoms with Gasteiger partial charge in [0.05, 0.1) is 21.6 Å². The number of pyridine rings is 1. The number of aryl methyl sites for hydroxylation is 1. The van der Waals surface area contributed by atoms with E-state index in [-0.39, 0.29) is 21.9 Å². The Hall–Kier alpha value is -4.59. The Balaban J connectivity index is 0.919. The van der Waals surface area contributed by atoms with Crippen molar-refractivity contribution in [2.24, 2.45) is 22.2 Å². The molecule has 2 aromatic carbocycles. The molecule has 10 rings (SSSR count). The number of carbonyl (C=O) groups is 1. The van der Waals surface area contributed by atoms with Gasteiger partial charge in [0, 0.05) is 80.9 Å². The summed E-state index contributed by atoms with van der Waals surface area (Å²) in [6.07, 6.45) is 15.5. The Morgan fingerprint density at radius 3 is 2.54 bits per heavy atom. The van der Waals surface area contributed by atoms with Gasteiger partial charge in [-0.15, -0.1) is 0 Å². The lowest BCUT2D eigenvalue weighted by atomic mass is 9.31. The molecule has 2 aromatic heterocycles. The Labute approximate surface area is 359 Å². The van der Waals surface area contributed by atoms with Crippen molar-refractivity contribution in [2.45, 2.75) is 96.3 Å². The number of fused-ring (bicyclic) bond motifs is 1. The lowest BCUT2D eigenvalue weighted by Gasteiger charge is -2.73. The van der Waals surface area contributed by atoms with E-state index in [1.54, 1.807) is 29.6 Å². The van der Waals surface area contributed by atoms with Crippen molar-refractivity contribution >= 4 is 38.0 Å². The summed E-state index contributed by atoms with van der Waals surface area (Å²) >= 11 is 0. The molecular formula is C48H59N5O7S. The van der Waals surface area contributed by atoms with Crippen molar-refractivity contribution in [3.05, 3.63) is 93.3 Å². The zero-order valence-corrected chi connectivity index (χ0v) is 36.7. The minimum atomic E-state index is -4.26. The van der Waals surface area contributed by atoms with E-state index in [2.05, 4.69) is 40.5 Å². The van der Waals surface area contributed by atoms with Gasteiger partial charge in [-0.3, -0.25) is 19.8 Å². The van der Waals surface area contributed by atoms with Gasteiger partial charge in [0.15, 0.2) is 15.6 Å². The van der Waals surface area contributed by atoms with Crippen molar-refractivity contribution in [3.8, 4) is 11.5 Å². The van der Waals surface area contributed by atoms with Crippen LogP contribution in [-0.4, -0.2) is 85.7 Å². The highest BCUT2D eigenvalue weighted by molar-refractivity contribution is 7.92. The van der Waals surface area contributed by atoms with Crippen molar-refractivity contribution in [1.82, 2.24) is 14.9 Å². The summed E-state index contributed by atoms with van der Waals surface area (Å²) in [5.41, 5.74) is 6.85. The molecule has 4 heterocycles. The number of ketones is 1. The number of aromatic amines is 1. The number of allylic oxidation sites excluding steroid dienone is 1. The predicted molar refractivity (Wildman–Crippen MR) is 236 cm³/mol. The third kappa shape index (κ3) is 8.49. The number of hydrogen-bond donors (Lipinski definition) is 1. The first-order valence-corrected chi connectivity index (χ1v) is 23.9. The first-order valence-electron chi connectivity index (χ1n) is 22.3. The molecule has 13 heteroatoms. The van der Waals surface area contributed by atoms with E-state index in [0.29, 0.717) is 58.8 Å². The number of nitro groups is 1. The van der Waals surface area contributed by atoms with Crippen LogP contribution >= 0.6 is 0 Å². The Morgan fingerprint density at radius 1 is 1.03 bits per heavy atom. The number of aromatic nitrogens is 2. The number of nitro benzene ring substituents is 1. The number of H-pyrrole nitrogens is 1. The number of hydrogen-bond acceptors (Lipinski definition) is 10. The zero-order chi connectivity index (χ0) is 42.6. The van der Waals surface area contributed by atoms with E-state index in [0.717, 1.165) is 69.1 Å². The predicted octanol–water partition coefficient (Wildman–Crippen LogP) is 9.49. The molecule has 0 radical (unpaired) electrons. The van der Waals surface area contributed by atoms with Crippen molar-refractivity contribution in [3.63, 3.8) is 0 Å². The smallest absolute Gasteiger partial charge is 0.273 e. The topological polar surface area (TPSA) is 148 Å². The highest BCUT2D eigenvalue weighted by Crippen LogP contribution is 2.79. The number of piperazine rings is 1. The van der Waals surface area contributed by atoms with Crippen molar-refractivity contribution < 1.29 is 27.6 Å². The van der Waals surface area contributed by atoms with E-state index >= 15 is 0 Å². The van der Waals surface area contributed by atoms with Crippen LogP contribution in [0.5, 0.6) is 11.5 Å². The summed E-state index contributed by atoms with van der Waals surface area (Å²) in [6, 6.07) is 13.0. The molecule has 4 aliphatic carbocycles. The first-order chi connectivity index (χ1) is 29.2. The van der Waals surface area contributed by atoms with Gasteiger partial charge in [-0.05, 0) is 117 Å². The van der Waals surface area contributed by atoms with Crippen LogP contribution in [0.4, 0.5) is 11.4 Å². The molecule has 61 heavy (non-hydrogen) atoms. The molecule has 5 fully saturated rings.